The van der Waals surface area contributed by atoms with Crippen molar-refractivity contribution < 1.29 is 4.79 Å². The van der Waals surface area contributed by atoms with Crippen LogP contribution in [0.4, 0.5) is 0 Å². The third kappa shape index (κ3) is 3.51. The lowest BCUT2D eigenvalue weighted by molar-refractivity contribution is 0.103. The van der Waals surface area contributed by atoms with Crippen molar-refractivity contribution in [3.63, 3.8) is 0 Å². The minimum absolute atomic E-state index is 0.0174. The van der Waals surface area contributed by atoms with Gasteiger partial charge in [-0.1, -0.05) is 66.7 Å². The molecule has 0 radical (unpaired) electrons. The Labute approximate surface area is 161 Å². The number of fused-ring (bicyclic) bond motifs is 1. The summed E-state index contributed by atoms with van der Waals surface area (Å²) in [4.78, 5) is 13.1. The van der Waals surface area contributed by atoms with Gasteiger partial charge in [-0.15, -0.1) is 0 Å². The van der Waals surface area contributed by atoms with Gasteiger partial charge in [-0.25, -0.2) is 0 Å². The molecule has 2 aromatic rings. The summed E-state index contributed by atoms with van der Waals surface area (Å²) >= 11 is 6.00. The topological polar surface area (TPSA) is 29.1 Å². The van der Waals surface area contributed by atoms with Crippen LogP contribution in [0, 0.1) is 0 Å². The molecule has 0 aliphatic heterocycles. The zero-order valence-corrected chi connectivity index (χ0v) is 15.9. The molecule has 1 saturated carbocycles. The highest BCUT2D eigenvalue weighted by Crippen LogP contribution is 2.37. The van der Waals surface area contributed by atoms with Crippen molar-refractivity contribution in [3.05, 3.63) is 69.8 Å². The van der Waals surface area contributed by atoms with Crippen LogP contribution >= 0.6 is 11.6 Å². The van der Waals surface area contributed by atoms with Crippen LogP contribution in [0.15, 0.2) is 48.0 Å². The Hall–Kier alpha value is -1.84. The van der Waals surface area contributed by atoms with Crippen molar-refractivity contribution >= 4 is 36.8 Å². The Morgan fingerprint density at radius 2 is 1.77 bits per heavy atom. The van der Waals surface area contributed by atoms with Gasteiger partial charge in [0.05, 0.1) is 6.04 Å². The highest BCUT2D eigenvalue weighted by Gasteiger charge is 2.35. The summed E-state index contributed by atoms with van der Waals surface area (Å²) in [5, 5.41) is 4.51. The van der Waals surface area contributed by atoms with E-state index in [0.29, 0.717) is 11.1 Å². The average molecular weight is 364 g/mol. The number of hydrogen-bond acceptors (Lipinski definition) is 2. The molecule has 2 nitrogen and oxygen atoms in total. The maximum atomic E-state index is 13.1. The predicted molar refractivity (Wildman–Crippen MR) is 111 cm³/mol. The number of ketones is 1. The normalized spacial score (nSPS) is 22.0. The molecule has 0 spiro atoms. The van der Waals surface area contributed by atoms with Gasteiger partial charge in [-0.2, -0.15) is 0 Å². The molecule has 2 aliphatic carbocycles. The van der Waals surface area contributed by atoms with E-state index in [-0.39, 0.29) is 11.8 Å². The molecule has 0 heterocycles. The Morgan fingerprint density at radius 3 is 2.50 bits per heavy atom. The zero-order chi connectivity index (χ0) is 18.1. The standard InChI is InChI=1S/C22H23BClNO/c23-15-8-11-18-19(13-15)21(25-17-4-2-1-3-5-17)20(22(18)26)12-14-6-9-16(24)10-7-14/h6-13,17,21,25H,1-5,23H2/b20-12+. The van der Waals surface area contributed by atoms with Crippen LogP contribution in [0.2, 0.25) is 5.02 Å². The first-order valence-corrected chi connectivity index (χ1v) is 9.88. The average Bonchev–Trinajstić information content (AvgIpc) is 2.89. The number of Topliss-reactive ketones (excluding diaryl/α,β-unsaturated/α-hetero) is 1. The van der Waals surface area contributed by atoms with Crippen molar-refractivity contribution in [1.82, 2.24) is 5.32 Å². The second-order valence-corrected chi connectivity index (χ2v) is 7.94. The van der Waals surface area contributed by atoms with Crippen molar-refractivity contribution in [2.75, 3.05) is 0 Å². The van der Waals surface area contributed by atoms with Crippen LogP contribution in [-0.2, 0) is 0 Å². The maximum absolute atomic E-state index is 13.1. The van der Waals surface area contributed by atoms with Crippen LogP contribution in [0.25, 0.3) is 6.08 Å². The minimum atomic E-state index is -0.0174. The third-order valence-electron chi connectivity index (χ3n) is 5.54. The molecule has 2 aromatic carbocycles. The maximum Gasteiger partial charge on any atom is 0.191 e. The smallest absolute Gasteiger partial charge is 0.191 e. The molecule has 1 fully saturated rings. The zero-order valence-electron chi connectivity index (χ0n) is 15.1. The molecule has 0 bridgehead atoms. The summed E-state index contributed by atoms with van der Waals surface area (Å²) in [6.45, 7) is 0. The number of nitrogens with one attached hydrogen (secondary N) is 1. The second kappa shape index (κ2) is 7.42. The van der Waals surface area contributed by atoms with Crippen LogP contribution in [0.1, 0.15) is 59.6 Å². The van der Waals surface area contributed by atoms with Crippen LogP contribution < -0.4 is 10.8 Å². The predicted octanol–water partition coefficient (Wildman–Crippen LogP) is 3.84. The Bertz CT molecular complexity index is 853. The van der Waals surface area contributed by atoms with Gasteiger partial charge in [0.25, 0.3) is 0 Å². The fourth-order valence-corrected chi connectivity index (χ4v) is 4.28. The van der Waals surface area contributed by atoms with Crippen LogP contribution in [0.3, 0.4) is 0 Å². The van der Waals surface area contributed by atoms with Gasteiger partial charge in [-0.05, 0) is 42.2 Å². The highest BCUT2D eigenvalue weighted by atomic mass is 35.5. The summed E-state index contributed by atoms with van der Waals surface area (Å²) in [7, 11) is 2.09. The van der Waals surface area contributed by atoms with Gasteiger partial charge in [0.15, 0.2) is 5.78 Å². The number of hydrogen-bond donors (Lipinski definition) is 1. The molecule has 4 heteroatoms. The van der Waals surface area contributed by atoms with E-state index < -0.39 is 0 Å². The van der Waals surface area contributed by atoms with E-state index in [9.17, 15) is 4.79 Å². The van der Waals surface area contributed by atoms with E-state index >= 15 is 0 Å². The fraction of sp³-hybridized carbons (Fsp3) is 0.318. The molecule has 0 saturated heterocycles. The summed E-state index contributed by atoms with van der Waals surface area (Å²) in [5.74, 6) is 0.142. The Balaban J connectivity index is 1.72. The number of benzene rings is 2. The quantitative estimate of drug-likeness (QED) is 0.663. The fourth-order valence-electron chi connectivity index (χ4n) is 4.15. The van der Waals surface area contributed by atoms with Crippen molar-refractivity contribution in [2.45, 2.75) is 44.2 Å². The van der Waals surface area contributed by atoms with E-state index in [1.54, 1.807) is 0 Å². The van der Waals surface area contributed by atoms with E-state index in [1.807, 2.05) is 42.5 Å². The first kappa shape index (κ1) is 17.6. The monoisotopic (exact) mass is 363 g/mol. The van der Waals surface area contributed by atoms with Gasteiger partial charge in [0, 0.05) is 22.2 Å². The van der Waals surface area contributed by atoms with Gasteiger partial charge < -0.3 is 5.32 Å². The van der Waals surface area contributed by atoms with Gasteiger partial charge in [0.2, 0.25) is 0 Å². The van der Waals surface area contributed by atoms with E-state index in [1.165, 1.54) is 37.6 Å². The van der Waals surface area contributed by atoms with Gasteiger partial charge >= 0.3 is 0 Å². The molecule has 26 heavy (non-hydrogen) atoms. The first-order chi connectivity index (χ1) is 12.6. The highest BCUT2D eigenvalue weighted by molar-refractivity contribution is 6.33. The van der Waals surface area contributed by atoms with Gasteiger partial charge in [0.1, 0.15) is 7.85 Å². The number of rotatable bonds is 3. The summed E-state index contributed by atoms with van der Waals surface area (Å²) in [6, 6.07) is 14.3. The molecular formula is C22H23BClNO. The molecule has 4 rings (SSSR count). The van der Waals surface area contributed by atoms with E-state index in [4.69, 9.17) is 11.6 Å². The Kier molecular flexibility index (Phi) is 5.01. The van der Waals surface area contributed by atoms with Gasteiger partial charge in [-0.3, -0.25) is 4.79 Å². The molecule has 1 atom stereocenters. The lowest BCUT2D eigenvalue weighted by Crippen LogP contribution is -2.34. The van der Waals surface area contributed by atoms with Crippen molar-refractivity contribution in [3.8, 4) is 0 Å². The number of halogens is 1. The van der Waals surface area contributed by atoms with Crippen LogP contribution in [-0.4, -0.2) is 19.7 Å². The largest absolute Gasteiger partial charge is 0.303 e. The summed E-state index contributed by atoms with van der Waals surface area (Å²) in [5.41, 5.74) is 5.01. The number of carbonyl (C=O) groups is 1. The van der Waals surface area contributed by atoms with E-state index in [2.05, 4.69) is 19.2 Å². The van der Waals surface area contributed by atoms with Crippen LogP contribution in [0.5, 0.6) is 0 Å². The molecule has 0 amide bonds. The molecule has 132 valence electrons. The minimum Gasteiger partial charge on any atom is -0.303 e. The molecule has 1 N–H and O–H groups in total. The van der Waals surface area contributed by atoms with Crippen molar-refractivity contribution in [2.24, 2.45) is 0 Å². The SMILES string of the molecule is Bc1ccc2c(c1)C(NC1CCCCC1)/C(=C\c1ccc(Cl)cc1)C2=O. The third-order valence-corrected chi connectivity index (χ3v) is 5.79. The lowest BCUT2D eigenvalue weighted by atomic mass is 9.90. The molecule has 2 aliphatic rings. The van der Waals surface area contributed by atoms with Crippen molar-refractivity contribution in [1.29, 1.82) is 0 Å². The second-order valence-electron chi connectivity index (χ2n) is 7.51. The molecule has 1 unspecified atom stereocenters. The summed E-state index contributed by atoms with van der Waals surface area (Å²) in [6.07, 6.45) is 8.28. The first-order valence-electron chi connectivity index (χ1n) is 9.50. The Morgan fingerprint density at radius 1 is 1.04 bits per heavy atom. The van der Waals surface area contributed by atoms with E-state index in [0.717, 1.165) is 22.3 Å². The number of carbonyl (C=O) groups excluding carboxylic acids is 1. The lowest BCUT2D eigenvalue weighted by Gasteiger charge is -2.27. The summed E-state index contributed by atoms with van der Waals surface area (Å²) < 4.78 is 0. The molecular weight excluding hydrogens is 341 g/mol. The molecule has 0 aromatic heterocycles.